The van der Waals surface area contributed by atoms with Gasteiger partial charge in [-0.2, -0.15) is 0 Å². The Morgan fingerprint density at radius 1 is 0.829 bits per heavy atom. The van der Waals surface area contributed by atoms with Gasteiger partial charge in [-0.3, -0.25) is 9.59 Å². The van der Waals surface area contributed by atoms with Crippen molar-refractivity contribution in [3.05, 3.63) is 59.7 Å². The van der Waals surface area contributed by atoms with E-state index in [0.717, 1.165) is 25.7 Å². The van der Waals surface area contributed by atoms with Crippen molar-refractivity contribution < 1.29 is 24.2 Å². The molecule has 0 bridgehead atoms. The Labute approximate surface area is 205 Å². The minimum absolute atomic E-state index is 0.00690. The number of carbonyl (C=O) groups is 3. The van der Waals surface area contributed by atoms with Crippen LogP contribution in [0.3, 0.4) is 0 Å². The fourth-order valence-electron chi connectivity index (χ4n) is 5.90. The quantitative estimate of drug-likeness (QED) is 0.667. The van der Waals surface area contributed by atoms with E-state index in [1.807, 2.05) is 29.2 Å². The van der Waals surface area contributed by atoms with E-state index in [0.29, 0.717) is 32.5 Å². The normalized spacial score (nSPS) is 22.2. The first-order valence-electron chi connectivity index (χ1n) is 12.6. The van der Waals surface area contributed by atoms with E-state index in [1.54, 1.807) is 0 Å². The fraction of sp³-hybridized carbons (Fsp3) is 0.464. The average molecular weight is 477 g/mol. The van der Waals surface area contributed by atoms with Gasteiger partial charge in [-0.25, -0.2) is 4.79 Å². The molecule has 0 radical (unpaired) electrons. The van der Waals surface area contributed by atoms with Crippen LogP contribution in [-0.2, 0) is 14.3 Å². The van der Waals surface area contributed by atoms with Crippen molar-refractivity contribution in [2.24, 2.45) is 11.8 Å². The molecule has 35 heavy (non-hydrogen) atoms. The number of piperidine rings is 1. The molecule has 1 aliphatic heterocycles. The number of ether oxygens (including phenoxy) is 1. The standard InChI is InChI=1S/C28H32N2O5/c31-26(30-15-13-19(14-16-30)27(32)33)18-9-11-20(12-10-18)29-28(34)35-17-25-23-7-3-1-5-21(23)22-6-2-4-8-24(22)25/h1-8,18-20,25H,9-17H2,(H,29,34)(H,32,33). The molecule has 0 spiro atoms. The van der Waals surface area contributed by atoms with Gasteiger partial charge in [0.05, 0.1) is 5.92 Å². The van der Waals surface area contributed by atoms with Gasteiger partial charge in [0.1, 0.15) is 6.61 Å². The largest absolute Gasteiger partial charge is 0.481 e. The first-order chi connectivity index (χ1) is 17.0. The van der Waals surface area contributed by atoms with Gasteiger partial charge < -0.3 is 20.1 Å². The zero-order valence-electron chi connectivity index (χ0n) is 19.8. The Morgan fingerprint density at radius 2 is 1.40 bits per heavy atom. The molecule has 2 aromatic rings. The van der Waals surface area contributed by atoms with Crippen LogP contribution in [0.15, 0.2) is 48.5 Å². The van der Waals surface area contributed by atoms with Gasteiger partial charge in [0.2, 0.25) is 5.91 Å². The van der Waals surface area contributed by atoms with Crippen molar-refractivity contribution in [1.29, 1.82) is 0 Å². The highest BCUT2D eigenvalue weighted by atomic mass is 16.5. The minimum Gasteiger partial charge on any atom is -0.481 e. The Morgan fingerprint density at radius 3 is 1.97 bits per heavy atom. The number of hydrogen-bond acceptors (Lipinski definition) is 4. The number of amides is 2. The van der Waals surface area contributed by atoms with Crippen LogP contribution < -0.4 is 5.32 Å². The molecular formula is C28H32N2O5. The average Bonchev–Trinajstić information content (AvgIpc) is 3.21. The summed E-state index contributed by atoms with van der Waals surface area (Å²) in [5, 5.41) is 12.1. The summed E-state index contributed by atoms with van der Waals surface area (Å²) in [6, 6.07) is 16.5. The first-order valence-corrected chi connectivity index (χ1v) is 12.6. The number of nitrogens with zero attached hydrogens (tertiary/aromatic N) is 1. The van der Waals surface area contributed by atoms with Gasteiger partial charge in [0.15, 0.2) is 0 Å². The van der Waals surface area contributed by atoms with E-state index in [9.17, 15) is 14.4 Å². The Bertz CT molecular complexity index is 1050. The van der Waals surface area contributed by atoms with Crippen LogP contribution >= 0.6 is 0 Å². The molecule has 0 atom stereocenters. The smallest absolute Gasteiger partial charge is 0.407 e. The second kappa shape index (κ2) is 10.1. The number of nitrogens with one attached hydrogen (secondary N) is 1. The zero-order valence-corrected chi connectivity index (χ0v) is 19.8. The number of likely N-dealkylation sites (tertiary alicyclic amines) is 1. The van der Waals surface area contributed by atoms with E-state index < -0.39 is 12.1 Å². The summed E-state index contributed by atoms with van der Waals surface area (Å²) in [4.78, 5) is 38.4. The molecule has 1 saturated heterocycles. The lowest BCUT2D eigenvalue weighted by atomic mass is 9.84. The first kappa shape index (κ1) is 23.4. The molecule has 7 heteroatoms. The molecule has 1 heterocycles. The third-order valence-corrected chi connectivity index (χ3v) is 7.90. The van der Waals surface area contributed by atoms with Crippen LogP contribution in [-0.4, -0.2) is 53.7 Å². The van der Waals surface area contributed by atoms with Crippen molar-refractivity contribution in [2.45, 2.75) is 50.5 Å². The number of hydrogen-bond donors (Lipinski definition) is 2. The third kappa shape index (κ3) is 4.90. The number of rotatable bonds is 5. The lowest BCUT2D eigenvalue weighted by Gasteiger charge is -2.35. The van der Waals surface area contributed by atoms with E-state index >= 15 is 0 Å². The van der Waals surface area contributed by atoms with Gasteiger partial charge in [-0.05, 0) is 60.8 Å². The van der Waals surface area contributed by atoms with Gasteiger partial charge in [0, 0.05) is 31.0 Å². The molecule has 1 saturated carbocycles. The number of carbonyl (C=O) groups excluding carboxylic acids is 2. The lowest BCUT2D eigenvalue weighted by Crippen LogP contribution is -2.45. The number of fused-ring (bicyclic) bond motifs is 3. The molecular weight excluding hydrogens is 444 g/mol. The molecule has 2 aromatic carbocycles. The highest BCUT2D eigenvalue weighted by Crippen LogP contribution is 2.44. The summed E-state index contributed by atoms with van der Waals surface area (Å²) in [6.45, 7) is 1.33. The van der Waals surface area contributed by atoms with Gasteiger partial charge in [0.25, 0.3) is 0 Å². The van der Waals surface area contributed by atoms with Crippen molar-refractivity contribution in [1.82, 2.24) is 10.2 Å². The number of alkyl carbamates (subject to hydrolysis) is 1. The Balaban J connectivity index is 1.09. The minimum atomic E-state index is -0.767. The molecule has 2 N–H and O–H groups in total. The predicted octanol–water partition coefficient (Wildman–Crippen LogP) is 4.41. The highest BCUT2D eigenvalue weighted by Gasteiger charge is 2.34. The second-order valence-electron chi connectivity index (χ2n) is 9.96. The number of benzene rings is 2. The van der Waals surface area contributed by atoms with E-state index in [1.165, 1.54) is 22.3 Å². The van der Waals surface area contributed by atoms with E-state index in [-0.39, 0.29) is 29.7 Å². The summed E-state index contributed by atoms with van der Waals surface area (Å²) < 4.78 is 5.67. The number of carboxylic acid groups (broad SMARTS) is 1. The molecule has 184 valence electrons. The van der Waals surface area contributed by atoms with Crippen LogP contribution in [0, 0.1) is 11.8 Å². The van der Waals surface area contributed by atoms with E-state index in [4.69, 9.17) is 9.84 Å². The van der Waals surface area contributed by atoms with Crippen LogP contribution in [0.4, 0.5) is 4.79 Å². The summed E-state index contributed by atoms with van der Waals surface area (Å²) in [5.74, 6) is -0.981. The second-order valence-corrected chi connectivity index (χ2v) is 9.96. The molecule has 7 nitrogen and oxygen atoms in total. The molecule has 2 fully saturated rings. The lowest BCUT2D eigenvalue weighted by molar-refractivity contribution is -0.147. The maximum atomic E-state index is 12.9. The van der Waals surface area contributed by atoms with Gasteiger partial charge in [-0.15, -0.1) is 0 Å². The maximum Gasteiger partial charge on any atom is 0.407 e. The summed E-state index contributed by atoms with van der Waals surface area (Å²) >= 11 is 0. The third-order valence-electron chi connectivity index (χ3n) is 7.90. The maximum absolute atomic E-state index is 12.9. The van der Waals surface area contributed by atoms with Crippen LogP contribution in [0.2, 0.25) is 0 Å². The van der Waals surface area contributed by atoms with Crippen LogP contribution in [0.25, 0.3) is 11.1 Å². The monoisotopic (exact) mass is 476 g/mol. The molecule has 0 unspecified atom stereocenters. The highest BCUT2D eigenvalue weighted by molar-refractivity contribution is 5.80. The van der Waals surface area contributed by atoms with Gasteiger partial charge in [-0.1, -0.05) is 48.5 Å². The molecule has 5 rings (SSSR count). The molecule has 2 amide bonds. The topological polar surface area (TPSA) is 95.9 Å². The SMILES string of the molecule is O=C(NC1CCC(C(=O)N2CCC(C(=O)O)CC2)CC1)OCC1c2ccccc2-c2ccccc21. The van der Waals surface area contributed by atoms with Crippen LogP contribution in [0.1, 0.15) is 55.6 Å². The fourth-order valence-corrected chi connectivity index (χ4v) is 5.90. The zero-order chi connectivity index (χ0) is 24.4. The van der Waals surface area contributed by atoms with Gasteiger partial charge >= 0.3 is 12.1 Å². The van der Waals surface area contributed by atoms with Crippen LogP contribution in [0.5, 0.6) is 0 Å². The summed E-state index contributed by atoms with van der Waals surface area (Å²) in [7, 11) is 0. The van der Waals surface area contributed by atoms with Crippen molar-refractivity contribution in [3.63, 3.8) is 0 Å². The van der Waals surface area contributed by atoms with Crippen molar-refractivity contribution >= 4 is 18.0 Å². The summed E-state index contributed by atoms with van der Waals surface area (Å²) in [5.41, 5.74) is 4.78. The number of carboxylic acids is 1. The Hall–Kier alpha value is -3.35. The number of aliphatic carboxylic acids is 1. The molecule has 2 aliphatic carbocycles. The Kier molecular flexibility index (Phi) is 6.75. The van der Waals surface area contributed by atoms with Crippen molar-refractivity contribution in [3.8, 4) is 11.1 Å². The summed E-state index contributed by atoms with van der Waals surface area (Å²) in [6.07, 6.45) is 3.59. The van der Waals surface area contributed by atoms with E-state index in [2.05, 4.69) is 29.6 Å². The molecule has 3 aliphatic rings. The predicted molar refractivity (Wildman–Crippen MR) is 131 cm³/mol. The molecule has 0 aromatic heterocycles. The van der Waals surface area contributed by atoms with Crippen molar-refractivity contribution in [2.75, 3.05) is 19.7 Å².